The van der Waals surface area contributed by atoms with Crippen LogP contribution in [-0.2, 0) is 21.4 Å². The molecule has 0 saturated carbocycles. The van der Waals surface area contributed by atoms with Gasteiger partial charge in [-0.3, -0.25) is 4.79 Å². The average molecular weight is 502 g/mol. The van der Waals surface area contributed by atoms with Crippen LogP contribution in [0.25, 0.3) is 0 Å². The van der Waals surface area contributed by atoms with Gasteiger partial charge >= 0.3 is 0 Å². The Morgan fingerprint density at radius 2 is 1.74 bits per heavy atom. The molecule has 1 saturated heterocycles. The summed E-state index contributed by atoms with van der Waals surface area (Å²) in [5.74, 6) is -0.777. The molecule has 0 bridgehead atoms. The molecule has 0 spiro atoms. The first kappa shape index (κ1) is 20.2. The summed E-state index contributed by atoms with van der Waals surface area (Å²) >= 11 is 2.13. The summed E-state index contributed by atoms with van der Waals surface area (Å²) in [5.41, 5.74) is 0.435. The molecule has 2 aromatic carbocycles. The first-order chi connectivity index (χ1) is 12.9. The van der Waals surface area contributed by atoms with Gasteiger partial charge in [-0.25, -0.2) is 12.8 Å². The minimum Gasteiger partial charge on any atom is -0.352 e. The van der Waals surface area contributed by atoms with E-state index in [1.165, 1.54) is 10.4 Å². The van der Waals surface area contributed by atoms with Crippen LogP contribution in [0.15, 0.2) is 53.4 Å². The normalized spacial score (nSPS) is 16.2. The van der Waals surface area contributed by atoms with Crippen LogP contribution in [0, 0.1) is 15.3 Å². The second-order valence-corrected chi connectivity index (χ2v) is 9.63. The molecule has 1 amide bonds. The number of benzene rings is 2. The quantitative estimate of drug-likeness (QED) is 0.640. The Balaban J connectivity index is 1.56. The number of nitrogens with one attached hydrogen (secondary N) is 1. The van der Waals surface area contributed by atoms with Gasteiger partial charge in [-0.15, -0.1) is 0 Å². The van der Waals surface area contributed by atoms with Crippen molar-refractivity contribution in [3.63, 3.8) is 0 Å². The Morgan fingerprint density at radius 3 is 2.37 bits per heavy atom. The van der Waals surface area contributed by atoms with Crippen molar-refractivity contribution < 1.29 is 17.6 Å². The SMILES string of the molecule is O=C(NCc1ccccc1F)C1CCN(S(=O)(=O)c2ccc(I)cc2)CC1. The van der Waals surface area contributed by atoms with Gasteiger partial charge in [-0.1, -0.05) is 18.2 Å². The van der Waals surface area contributed by atoms with E-state index in [0.717, 1.165) is 3.57 Å². The predicted octanol–water partition coefficient (Wildman–Crippen LogP) is 3.15. The maximum atomic E-state index is 13.6. The Bertz CT molecular complexity index is 911. The molecule has 0 aliphatic carbocycles. The van der Waals surface area contributed by atoms with Crippen molar-refractivity contribution in [2.24, 2.45) is 5.92 Å². The number of hydrogen-bond donors (Lipinski definition) is 1. The van der Waals surface area contributed by atoms with Crippen LogP contribution in [0.4, 0.5) is 4.39 Å². The molecule has 1 aliphatic heterocycles. The molecular weight excluding hydrogens is 482 g/mol. The third-order valence-corrected chi connectivity index (χ3v) is 7.32. The molecule has 0 unspecified atom stereocenters. The first-order valence-electron chi connectivity index (χ1n) is 8.65. The van der Waals surface area contributed by atoms with Crippen LogP contribution in [0.2, 0.25) is 0 Å². The molecule has 0 radical (unpaired) electrons. The highest BCUT2D eigenvalue weighted by molar-refractivity contribution is 14.1. The molecule has 1 heterocycles. The maximum absolute atomic E-state index is 13.6. The summed E-state index contributed by atoms with van der Waals surface area (Å²) < 4.78 is 41.4. The Hall–Kier alpha value is -1.52. The van der Waals surface area contributed by atoms with Gasteiger partial charge in [0.25, 0.3) is 0 Å². The smallest absolute Gasteiger partial charge is 0.243 e. The highest BCUT2D eigenvalue weighted by Gasteiger charge is 2.32. The number of amides is 1. The van der Waals surface area contributed by atoms with Crippen molar-refractivity contribution in [2.45, 2.75) is 24.3 Å². The fourth-order valence-electron chi connectivity index (χ4n) is 3.08. The van der Waals surface area contributed by atoms with Crippen LogP contribution in [-0.4, -0.2) is 31.7 Å². The minimum absolute atomic E-state index is 0.132. The Kier molecular flexibility index (Phi) is 6.48. The number of halogens is 2. The van der Waals surface area contributed by atoms with Gasteiger partial charge in [0.2, 0.25) is 15.9 Å². The zero-order valence-corrected chi connectivity index (χ0v) is 17.5. The number of rotatable bonds is 5. The van der Waals surface area contributed by atoms with Crippen LogP contribution in [0.5, 0.6) is 0 Å². The monoisotopic (exact) mass is 502 g/mol. The molecular formula is C19H20FIN2O3S. The highest BCUT2D eigenvalue weighted by atomic mass is 127. The van der Waals surface area contributed by atoms with Gasteiger partial charge in [0, 0.05) is 34.7 Å². The van der Waals surface area contributed by atoms with E-state index >= 15 is 0 Å². The van der Waals surface area contributed by atoms with E-state index in [0.29, 0.717) is 31.5 Å². The standard InChI is InChI=1S/C19H20FIN2O3S/c20-18-4-2-1-3-15(18)13-22-19(24)14-9-11-23(12-10-14)27(25,26)17-7-5-16(21)6-8-17/h1-8,14H,9-13H2,(H,22,24). The first-order valence-corrected chi connectivity index (χ1v) is 11.2. The van der Waals surface area contributed by atoms with E-state index in [9.17, 15) is 17.6 Å². The summed E-state index contributed by atoms with van der Waals surface area (Å²) in [6.45, 7) is 0.727. The van der Waals surface area contributed by atoms with Crippen molar-refractivity contribution in [2.75, 3.05) is 13.1 Å². The number of carbonyl (C=O) groups is 1. The lowest BCUT2D eigenvalue weighted by molar-refractivity contribution is -0.126. The van der Waals surface area contributed by atoms with E-state index in [1.54, 1.807) is 42.5 Å². The third kappa shape index (κ3) is 4.85. The van der Waals surface area contributed by atoms with E-state index in [-0.39, 0.29) is 29.1 Å². The van der Waals surface area contributed by atoms with Gasteiger partial charge in [-0.05, 0) is 65.8 Å². The Morgan fingerprint density at radius 1 is 1.11 bits per heavy atom. The van der Waals surface area contributed by atoms with Crippen molar-refractivity contribution in [3.05, 3.63) is 63.5 Å². The van der Waals surface area contributed by atoms with Crippen LogP contribution in [0.3, 0.4) is 0 Å². The summed E-state index contributed by atoms with van der Waals surface area (Å²) in [6.07, 6.45) is 0.902. The van der Waals surface area contributed by atoms with E-state index in [4.69, 9.17) is 0 Å². The lowest BCUT2D eigenvalue weighted by Crippen LogP contribution is -2.42. The average Bonchev–Trinajstić information content (AvgIpc) is 2.67. The molecule has 0 atom stereocenters. The fourth-order valence-corrected chi connectivity index (χ4v) is 4.91. The Labute approximate surface area is 172 Å². The van der Waals surface area contributed by atoms with Crippen molar-refractivity contribution in [3.8, 4) is 0 Å². The topological polar surface area (TPSA) is 66.5 Å². The zero-order chi connectivity index (χ0) is 19.4. The molecule has 2 aromatic rings. The largest absolute Gasteiger partial charge is 0.352 e. The summed E-state index contributed by atoms with van der Waals surface area (Å²) in [6, 6.07) is 13.0. The van der Waals surface area contributed by atoms with Gasteiger partial charge < -0.3 is 5.32 Å². The lowest BCUT2D eigenvalue weighted by atomic mass is 9.97. The molecule has 3 rings (SSSR count). The molecule has 1 aliphatic rings. The van der Waals surface area contributed by atoms with E-state index in [1.807, 2.05) is 0 Å². The zero-order valence-electron chi connectivity index (χ0n) is 14.6. The lowest BCUT2D eigenvalue weighted by Gasteiger charge is -2.30. The van der Waals surface area contributed by atoms with Gasteiger partial charge in [-0.2, -0.15) is 4.31 Å². The molecule has 5 nitrogen and oxygen atoms in total. The van der Waals surface area contributed by atoms with Crippen LogP contribution >= 0.6 is 22.6 Å². The van der Waals surface area contributed by atoms with Gasteiger partial charge in [0.15, 0.2) is 0 Å². The summed E-state index contributed by atoms with van der Waals surface area (Å²) in [7, 11) is -3.54. The van der Waals surface area contributed by atoms with Gasteiger partial charge in [0.1, 0.15) is 5.82 Å². The second kappa shape index (κ2) is 8.66. The van der Waals surface area contributed by atoms with Crippen LogP contribution in [0.1, 0.15) is 18.4 Å². The number of hydrogen-bond acceptors (Lipinski definition) is 3. The molecule has 27 heavy (non-hydrogen) atoms. The molecule has 1 N–H and O–H groups in total. The number of sulfonamides is 1. The number of piperidine rings is 1. The van der Waals surface area contributed by atoms with Gasteiger partial charge in [0.05, 0.1) is 4.90 Å². The van der Waals surface area contributed by atoms with Crippen molar-refractivity contribution in [1.29, 1.82) is 0 Å². The van der Waals surface area contributed by atoms with Crippen molar-refractivity contribution >= 4 is 38.5 Å². The predicted molar refractivity (Wildman–Crippen MR) is 109 cm³/mol. The minimum atomic E-state index is -3.54. The van der Waals surface area contributed by atoms with E-state index < -0.39 is 10.0 Å². The summed E-state index contributed by atoms with van der Waals surface area (Å²) in [4.78, 5) is 12.6. The van der Waals surface area contributed by atoms with Crippen molar-refractivity contribution in [1.82, 2.24) is 9.62 Å². The maximum Gasteiger partial charge on any atom is 0.243 e. The highest BCUT2D eigenvalue weighted by Crippen LogP contribution is 2.24. The molecule has 1 fully saturated rings. The van der Waals surface area contributed by atoms with E-state index in [2.05, 4.69) is 27.9 Å². The number of nitrogens with zero attached hydrogens (tertiary/aromatic N) is 1. The molecule has 144 valence electrons. The molecule has 8 heteroatoms. The summed E-state index contributed by atoms with van der Waals surface area (Å²) in [5, 5.41) is 2.75. The number of carbonyl (C=O) groups excluding carboxylic acids is 1. The second-order valence-electron chi connectivity index (χ2n) is 6.44. The fraction of sp³-hybridized carbons (Fsp3) is 0.316. The third-order valence-electron chi connectivity index (χ3n) is 4.69. The molecule has 0 aromatic heterocycles. The van der Waals surface area contributed by atoms with Crippen LogP contribution < -0.4 is 5.32 Å².